The minimum absolute atomic E-state index is 0.399. The summed E-state index contributed by atoms with van der Waals surface area (Å²) in [5.41, 5.74) is 1.04. The molecule has 0 atom stereocenters. The van der Waals surface area contributed by atoms with Crippen molar-refractivity contribution >= 4 is 24.2 Å². The lowest BCUT2D eigenvalue weighted by atomic mass is 10.2. The van der Waals surface area contributed by atoms with Gasteiger partial charge in [-0.25, -0.2) is 20.2 Å². The number of nitrogens with zero attached hydrogens (tertiary/aromatic N) is 3. The third-order valence-corrected chi connectivity index (χ3v) is 2.88. The molecule has 0 spiro atoms. The zero-order valence-corrected chi connectivity index (χ0v) is 13.0. The molecule has 1 heterocycles. The number of benzene rings is 1. The molecular formula is C16H13F3N4O2. The summed E-state index contributed by atoms with van der Waals surface area (Å²) in [4.78, 5) is 18.3. The number of halogens is 3. The van der Waals surface area contributed by atoms with Gasteiger partial charge in [0.05, 0.1) is 7.11 Å². The van der Waals surface area contributed by atoms with Gasteiger partial charge in [0.15, 0.2) is 5.69 Å². The Hall–Kier alpha value is -3.23. The molecule has 2 aromatic rings. The lowest BCUT2D eigenvalue weighted by molar-refractivity contribution is -0.141. The summed E-state index contributed by atoms with van der Waals surface area (Å²) in [6, 6.07) is 9.36. The molecule has 0 unspecified atom stereocenters. The summed E-state index contributed by atoms with van der Waals surface area (Å²) in [6.45, 7) is 0. The number of hydrogen-bond acceptors (Lipinski definition) is 6. The number of carbonyl (C=O) groups excluding carboxylic acids is 1. The monoisotopic (exact) mass is 350 g/mol. The largest absolute Gasteiger partial charge is 0.465 e. The number of rotatable bonds is 5. The van der Waals surface area contributed by atoms with Crippen molar-refractivity contribution in [3.8, 4) is 0 Å². The maximum atomic E-state index is 13.0. The number of carbonyl (C=O) groups is 1. The highest BCUT2D eigenvalue weighted by molar-refractivity contribution is 5.90. The first-order chi connectivity index (χ1) is 11.9. The molecule has 0 aliphatic heterocycles. The first-order valence-corrected chi connectivity index (χ1v) is 6.95. The van der Waals surface area contributed by atoms with E-state index in [1.54, 1.807) is 12.2 Å². The van der Waals surface area contributed by atoms with E-state index in [4.69, 9.17) is 0 Å². The molecule has 0 fully saturated rings. The molecule has 0 amide bonds. The van der Waals surface area contributed by atoms with E-state index in [2.05, 4.69) is 25.2 Å². The summed E-state index contributed by atoms with van der Waals surface area (Å²) in [5.74, 6) is -1.57. The van der Waals surface area contributed by atoms with Crippen LogP contribution >= 0.6 is 0 Å². The fourth-order valence-electron chi connectivity index (χ4n) is 1.77. The highest BCUT2D eigenvalue weighted by Gasteiger charge is 2.38. The molecule has 0 radical (unpaired) electrons. The molecule has 2 rings (SSSR count). The summed E-state index contributed by atoms with van der Waals surface area (Å²) in [5, 5.41) is 3.70. The molecule has 1 aromatic carbocycles. The Kier molecular flexibility index (Phi) is 5.83. The standard InChI is InChI=1S/C16H13F3N4O2/c1-25-14(24)12-10-20-15(22-13(12)16(17,18)19)23-21-9-5-8-11-6-3-2-4-7-11/h2-10H,1H3,(H,20,22,23)/b8-5+,21-9-. The van der Waals surface area contributed by atoms with Gasteiger partial charge < -0.3 is 4.74 Å². The zero-order chi connectivity index (χ0) is 18.3. The van der Waals surface area contributed by atoms with Crippen LogP contribution in [0.3, 0.4) is 0 Å². The van der Waals surface area contributed by atoms with Gasteiger partial charge in [-0.15, -0.1) is 0 Å². The highest BCUT2D eigenvalue weighted by atomic mass is 19.4. The van der Waals surface area contributed by atoms with E-state index >= 15 is 0 Å². The number of ether oxygens (including phenoxy) is 1. The first-order valence-electron chi connectivity index (χ1n) is 6.95. The highest BCUT2D eigenvalue weighted by Crippen LogP contribution is 2.31. The molecule has 0 aliphatic carbocycles. The summed E-state index contributed by atoms with van der Waals surface area (Å²) in [7, 11) is 0.970. The van der Waals surface area contributed by atoms with Crippen LogP contribution < -0.4 is 5.43 Å². The van der Waals surface area contributed by atoms with Crippen LogP contribution in [0, 0.1) is 0 Å². The number of esters is 1. The topological polar surface area (TPSA) is 76.5 Å². The number of anilines is 1. The zero-order valence-electron chi connectivity index (χ0n) is 13.0. The van der Waals surface area contributed by atoms with Crippen LogP contribution in [0.1, 0.15) is 21.6 Å². The minimum atomic E-state index is -4.83. The minimum Gasteiger partial charge on any atom is -0.465 e. The summed E-state index contributed by atoms with van der Waals surface area (Å²) >= 11 is 0. The number of alkyl halides is 3. The van der Waals surface area contributed by atoms with Crippen molar-refractivity contribution in [3.05, 3.63) is 59.4 Å². The van der Waals surface area contributed by atoms with Gasteiger partial charge in [0.2, 0.25) is 5.95 Å². The average Bonchev–Trinajstić information content (AvgIpc) is 2.61. The van der Waals surface area contributed by atoms with Gasteiger partial charge in [0.25, 0.3) is 0 Å². The van der Waals surface area contributed by atoms with Gasteiger partial charge in [-0.2, -0.15) is 18.3 Å². The molecule has 1 N–H and O–H groups in total. The number of allylic oxidation sites excluding steroid dienone is 1. The molecule has 0 bridgehead atoms. The lowest BCUT2D eigenvalue weighted by Crippen LogP contribution is -2.18. The third kappa shape index (κ3) is 5.13. The quantitative estimate of drug-likeness (QED) is 0.508. The van der Waals surface area contributed by atoms with Gasteiger partial charge in [0, 0.05) is 12.4 Å². The molecule has 0 saturated heterocycles. The Morgan fingerprint density at radius 1 is 1.28 bits per heavy atom. The number of aromatic nitrogens is 2. The molecule has 0 saturated carbocycles. The van der Waals surface area contributed by atoms with Crippen molar-refractivity contribution in [2.45, 2.75) is 6.18 Å². The van der Waals surface area contributed by atoms with Crippen molar-refractivity contribution in [2.75, 3.05) is 12.5 Å². The van der Waals surface area contributed by atoms with Crippen LogP contribution in [0.5, 0.6) is 0 Å². The molecule has 9 heteroatoms. The fourth-order valence-corrected chi connectivity index (χ4v) is 1.77. The fraction of sp³-hybridized carbons (Fsp3) is 0.125. The predicted octanol–water partition coefficient (Wildman–Crippen LogP) is 3.39. The van der Waals surface area contributed by atoms with Crippen LogP contribution in [-0.4, -0.2) is 29.3 Å². The molecule has 130 valence electrons. The number of methoxy groups -OCH3 is 1. The van der Waals surface area contributed by atoms with Crippen molar-refractivity contribution in [1.82, 2.24) is 9.97 Å². The Labute approximate surface area is 141 Å². The van der Waals surface area contributed by atoms with Crippen molar-refractivity contribution in [2.24, 2.45) is 5.10 Å². The molecule has 6 nitrogen and oxygen atoms in total. The smallest absolute Gasteiger partial charge is 0.434 e. The van der Waals surface area contributed by atoms with E-state index in [1.165, 1.54) is 6.21 Å². The van der Waals surface area contributed by atoms with Gasteiger partial charge in [0.1, 0.15) is 5.56 Å². The number of nitrogens with one attached hydrogen (secondary N) is 1. The molecular weight excluding hydrogens is 337 g/mol. The van der Waals surface area contributed by atoms with E-state index in [0.717, 1.165) is 18.9 Å². The second-order valence-corrected chi connectivity index (χ2v) is 4.61. The average molecular weight is 350 g/mol. The van der Waals surface area contributed by atoms with Gasteiger partial charge in [-0.3, -0.25) is 0 Å². The Bertz CT molecular complexity index is 790. The maximum absolute atomic E-state index is 13.0. The van der Waals surface area contributed by atoms with Gasteiger partial charge in [-0.05, 0) is 11.6 Å². The van der Waals surface area contributed by atoms with E-state index in [0.29, 0.717) is 0 Å². The lowest BCUT2D eigenvalue weighted by Gasteiger charge is -2.10. The normalized spacial score (nSPS) is 11.8. The van der Waals surface area contributed by atoms with Gasteiger partial charge in [-0.1, -0.05) is 36.4 Å². The van der Waals surface area contributed by atoms with Crippen LogP contribution in [0.25, 0.3) is 6.08 Å². The van der Waals surface area contributed by atoms with E-state index in [9.17, 15) is 18.0 Å². The summed E-state index contributed by atoms with van der Waals surface area (Å²) < 4.78 is 43.2. The number of hydrazone groups is 1. The molecule has 0 aliphatic rings. The van der Waals surface area contributed by atoms with Crippen molar-refractivity contribution < 1.29 is 22.7 Å². The van der Waals surface area contributed by atoms with Crippen molar-refractivity contribution in [3.63, 3.8) is 0 Å². The first kappa shape index (κ1) is 18.1. The van der Waals surface area contributed by atoms with E-state index in [-0.39, 0.29) is 0 Å². The van der Waals surface area contributed by atoms with Crippen LogP contribution in [-0.2, 0) is 10.9 Å². The van der Waals surface area contributed by atoms with Gasteiger partial charge >= 0.3 is 12.1 Å². The Morgan fingerprint density at radius 2 is 2.00 bits per heavy atom. The Balaban J connectivity index is 2.11. The van der Waals surface area contributed by atoms with E-state index < -0.39 is 29.4 Å². The van der Waals surface area contributed by atoms with Crippen LogP contribution in [0.15, 0.2) is 47.7 Å². The third-order valence-electron chi connectivity index (χ3n) is 2.88. The second-order valence-electron chi connectivity index (χ2n) is 4.61. The predicted molar refractivity (Wildman–Crippen MR) is 86.0 cm³/mol. The number of hydrogen-bond donors (Lipinski definition) is 1. The SMILES string of the molecule is COC(=O)c1cnc(N/N=C\C=C\c2ccccc2)nc1C(F)(F)F. The molecule has 1 aromatic heterocycles. The van der Waals surface area contributed by atoms with Crippen LogP contribution in [0.4, 0.5) is 19.1 Å². The van der Waals surface area contributed by atoms with Crippen LogP contribution in [0.2, 0.25) is 0 Å². The second kappa shape index (κ2) is 8.04. The summed E-state index contributed by atoms with van der Waals surface area (Å²) in [6.07, 6.45) is 0.584. The van der Waals surface area contributed by atoms with Crippen molar-refractivity contribution in [1.29, 1.82) is 0 Å². The van der Waals surface area contributed by atoms with E-state index in [1.807, 2.05) is 30.3 Å². The Morgan fingerprint density at radius 3 is 2.64 bits per heavy atom. The molecule has 25 heavy (non-hydrogen) atoms. The maximum Gasteiger partial charge on any atom is 0.434 e.